The topological polar surface area (TPSA) is 46.3 Å². The first-order valence-corrected chi connectivity index (χ1v) is 7.80. The van der Waals surface area contributed by atoms with E-state index in [0.29, 0.717) is 6.54 Å². The summed E-state index contributed by atoms with van der Waals surface area (Å²) in [4.78, 5) is 14.6. The van der Waals surface area contributed by atoms with Crippen LogP contribution >= 0.6 is 0 Å². The minimum atomic E-state index is 0.120. The van der Waals surface area contributed by atoms with Crippen LogP contribution in [-0.4, -0.2) is 19.0 Å². The fourth-order valence-electron chi connectivity index (χ4n) is 3.02. The van der Waals surface area contributed by atoms with Gasteiger partial charge in [0, 0.05) is 18.2 Å². The predicted molar refractivity (Wildman–Crippen MR) is 83.9 cm³/mol. The van der Waals surface area contributed by atoms with Crippen LogP contribution < -0.4 is 10.6 Å². The molecule has 0 spiro atoms. The maximum absolute atomic E-state index is 12.6. The molecule has 1 aromatic rings. The van der Waals surface area contributed by atoms with E-state index in [1.165, 1.54) is 11.1 Å². The highest BCUT2D eigenvalue weighted by Crippen LogP contribution is 2.30. The minimum absolute atomic E-state index is 0.120. The molecule has 3 nitrogen and oxygen atoms in total. The van der Waals surface area contributed by atoms with E-state index in [1.807, 2.05) is 11.8 Å². The molecule has 1 heterocycles. The van der Waals surface area contributed by atoms with Crippen molar-refractivity contribution in [3.8, 4) is 0 Å². The second-order valence-electron chi connectivity index (χ2n) is 5.78. The molecule has 2 rings (SSSR count). The maximum Gasteiger partial charge on any atom is 0.229 e. The first-order valence-electron chi connectivity index (χ1n) is 7.80. The number of carbonyl (C=O) groups excluding carboxylic acids is 1. The molecular weight excluding hydrogens is 248 g/mol. The van der Waals surface area contributed by atoms with Crippen LogP contribution in [0.4, 0.5) is 5.69 Å². The van der Waals surface area contributed by atoms with Crippen molar-refractivity contribution in [2.75, 3.05) is 18.0 Å². The highest BCUT2D eigenvalue weighted by molar-refractivity contribution is 5.96. The second-order valence-corrected chi connectivity index (χ2v) is 5.78. The van der Waals surface area contributed by atoms with Gasteiger partial charge in [0.05, 0.1) is 0 Å². The maximum atomic E-state index is 12.6. The molecule has 110 valence electrons. The van der Waals surface area contributed by atoms with Crippen LogP contribution in [0.5, 0.6) is 0 Å². The van der Waals surface area contributed by atoms with Gasteiger partial charge < -0.3 is 10.6 Å². The second kappa shape index (κ2) is 6.89. The molecule has 20 heavy (non-hydrogen) atoms. The molecule has 0 bridgehead atoms. The normalized spacial score (nSPS) is 15.8. The van der Waals surface area contributed by atoms with Gasteiger partial charge in [-0.05, 0) is 49.4 Å². The summed E-state index contributed by atoms with van der Waals surface area (Å²) >= 11 is 0. The number of aryl methyl sites for hydroxylation is 1. The van der Waals surface area contributed by atoms with Gasteiger partial charge in [-0.25, -0.2) is 0 Å². The van der Waals surface area contributed by atoms with Crippen molar-refractivity contribution in [2.24, 2.45) is 11.7 Å². The number of carbonyl (C=O) groups is 1. The average molecular weight is 274 g/mol. The largest absolute Gasteiger partial charge is 0.330 e. The van der Waals surface area contributed by atoms with Gasteiger partial charge in [-0.2, -0.15) is 0 Å². The summed E-state index contributed by atoms with van der Waals surface area (Å²) in [7, 11) is 0. The summed E-state index contributed by atoms with van der Waals surface area (Å²) in [5.74, 6) is 0.397. The average Bonchev–Trinajstić information content (AvgIpc) is 2.46. The van der Waals surface area contributed by atoms with E-state index in [9.17, 15) is 4.79 Å². The summed E-state index contributed by atoms with van der Waals surface area (Å²) in [6.45, 7) is 5.71. The number of hydrogen-bond donors (Lipinski definition) is 1. The lowest BCUT2D eigenvalue weighted by molar-refractivity contribution is -0.122. The molecule has 0 saturated heterocycles. The molecule has 3 heteroatoms. The quantitative estimate of drug-likeness (QED) is 0.897. The van der Waals surface area contributed by atoms with E-state index in [-0.39, 0.29) is 11.8 Å². The Bertz CT molecular complexity index is 470. The Morgan fingerprint density at radius 3 is 2.95 bits per heavy atom. The van der Waals surface area contributed by atoms with Crippen LogP contribution in [0.15, 0.2) is 18.2 Å². The van der Waals surface area contributed by atoms with Crippen LogP contribution in [0.2, 0.25) is 0 Å². The van der Waals surface area contributed by atoms with E-state index in [2.05, 4.69) is 25.1 Å². The van der Waals surface area contributed by atoms with Crippen molar-refractivity contribution in [3.63, 3.8) is 0 Å². The zero-order chi connectivity index (χ0) is 14.5. The molecule has 0 aromatic heterocycles. The van der Waals surface area contributed by atoms with Gasteiger partial charge in [-0.15, -0.1) is 0 Å². The van der Waals surface area contributed by atoms with Crippen LogP contribution in [0.1, 0.15) is 44.2 Å². The Labute approximate surface area is 122 Å². The highest BCUT2D eigenvalue weighted by atomic mass is 16.2. The number of benzene rings is 1. The van der Waals surface area contributed by atoms with Crippen LogP contribution in [-0.2, 0) is 17.6 Å². The molecule has 2 N–H and O–H groups in total. The first-order chi connectivity index (χ1) is 9.67. The van der Waals surface area contributed by atoms with Gasteiger partial charge in [0.1, 0.15) is 0 Å². The van der Waals surface area contributed by atoms with Gasteiger partial charge in [0.2, 0.25) is 5.91 Å². The Morgan fingerprint density at radius 1 is 1.45 bits per heavy atom. The van der Waals surface area contributed by atoms with E-state index < -0.39 is 0 Å². The van der Waals surface area contributed by atoms with Crippen molar-refractivity contribution in [3.05, 3.63) is 29.3 Å². The van der Waals surface area contributed by atoms with Crippen molar-refractivity contribution in [1.29, 1.82) is 0 Å². The molecule has 1 aliphatic rings. The number of rotatable bonds is 5. The van der Waals surface area contributed by atoms with E-state index in [1.54, 1.807) is 0 Å². The lowest BCUT2D eigenvalue weighted by Gasteiger charge is -2.32. The predicted octanol–water partition coefficient (Wildman–Crippen LogP) is 2.90. The van der Waals surface area contributed by atoms with Gasteiger partial charge in [0.15, 0.2) is 0 Å². The standard InChI is InChI=1S/C17H26N2O/c1-3-5-13(2)17(20)19-11-4-6-15-12-14(9-10-18)7-8-16(15)19/h7-8,12-13H,3-6,9-11,18H2,1-2H3. The summed E-state index contributed by atoms with van der Waals surface area (Å²) in [5, 5.41) is 0. The fourth-order valence-corrected chi connectivity index (χ4v) is 3.02. The lowest BCUT2D eigenvalue weighted by Crippen LogP contribution is -2.38. The monoisotopic (exact) mass is 274 g/mol. The van der Waals surface area contributed by atoms with Crippen LogP contribution in [0.25, 0.3) is 0 Å². The van der Waals surface area contributed by atoms with Crippen molar-refractivity contribution < 1.29 is 4.79 Å². The molecule has 1 atom stereocenters. The summed E-state index contributed by atoms with van der Waals surface area (Å²) < 4.78 is 0. The summed E-state index contributed by atoms with van der Waals surface area (Å²) in [5.41, 5.74) is 9.32. The molecule has 0 fully saturated rings. The fraction of sp³-hybridized carbons (Fsp3) is 0.588. The Balaban J connectivity index is 2.21. The molecular formula is C17H26N2O. The number of anilines is 1. The SMILES string of the molecule is CCCC(C)C(=O)N1CCCc2cc(CCN)ccc21. The van der Waals surface area contributed by atoms with Gasteiger partial charge in [-0.1, -0.05) is 32.4 Å². The molecule has 0 aliphatic carbocycles. The van der Waals surface area contributed by atoms with Crippen LogP contribution in [0.3, 0.4) is 0 Å². The molecule has 1 unspecified atom stereocenters. The zero-order valence-corrected chi connectivity index (χ0v) is 12.7. The molecule has 1 aromatic carbocycles. The summed E-state index contributed by atoms with van der Waals surface area (Å²) in [6, 6.07) is 6.45. The number of nitrogens with zero attached hydrogens (tertiary/aromatic N) is 1. The van der Waals surface area contributed by atoms with Crippen molar-refractivity contribution in [1.82, 2.24) is 0 Å². The smallest absolute Gasteiger partial charge is 0.229 e. The van der Waals surface area contributed by atoms with Crippen molar-refractivity contribution >= 4 is 11.6 Å². The lowest BCUT2D eigenvalue weighted by atomic mass is 9.96. The van der Waals surface area contributed by atoms with E-state index in [0.717, 1.165) is 44.3 Å². The zero-order valence-electron chi connectivity index (χ0n) is 12.7. The van der Waals surface area contributed by atoms with E-state index >= 15 is 0 Å². The minimum Gasteiger partial charge on any atom is -0.330 e. The van der Waals surface area contributed by atoms with Gasteiger partial charge in [-0.3, -0.25) is 4.79 Å². The number of fused-ring (bicyclic) bond motifs is 1. The Morgan fingerprint density at radius 2 is 2.25 bits per heavy atom. The third-order valence-corrected chi connectivity index (χ3v) is 4.10. The molecule has 0 radical (unpaired) electrons. The van der Waals surface area contributed by atoms with Gasteiger partial charge in [0.25, 0.3) is 0 Å². The molecule has 1 aliphatic heterocycles. The van der Waals surface area contributed by atoms with E-state index in [4.69, 9.17) is 5.73 Å². The Kier molecular flexibility index (Phi) is 5.18. The Hall–Kier alpha value is -1.35. The third-order valence-electron chi connectivity index (χ3n) is 4.10. The number of amides is 1. The number of nitrogens with two attached hydrogens (primary N) is 1. The highest BCUT2D eigenvalue weighted by Gasteiger charge is 2.25. The van der Waals surface area contributed by atoms with Gasteiger partial charge >= 0.3 is 0 Å². The number of hydrogen-bond acceptors (Lipinski definition) is 2. The molecule has 1 amide bonds. The van der Waals surface area contributed by atoms with Crippen LogP contribution in [0, 0.1) is 5.92 Å². The third kappa shape index (κ3) is 3.21. The van der Waals surface area contributed by atoms with Crippen molar-refractivity contribution in [2.45, 2.75) is 46.0 Å². The molecule has 0 saturated carbocycles. The summed E-state index contributed by atoms with van der Waals surface area (Å²) in [6.07, 6.45) is 5.07. The first kappa shape index (κ1) is 15.0.